The Morgan fingerprint density at radius 1 is 1.42 bits per heavy atom. The van der Waals surface area contributed by atoms with Gasteiger partial charge in [0.15, 0.2) is 17.9 Å². The number of carbonyl (C=O) groups excluding carboxylic acids is 1. The van der Waals surface area contributed by atoms with E-state index in [1.54, 1.807) is 23.1 Å². The van der Waals surface area contributed by atoms with Crippen molar-refractivity contribution in [2.45, 2.75) is 12.8 Å². The highest BCUT2D eigenvalue weighted by molar-refractivity contribution is 7.13. The van der Waals surface area contributed by atoms with Crippen molar-refractivity contribution in [1.29, 1.82) is 0 Å². The Kier molecular flexibility index (Phi) is 3.69. The third-order valence-electron chi connectivity index (χ3n) is 4.20. The number of ether oxygens (including phenoxy) is 1. The van der Waals surface area contributed by atoms with Gasteiger partial charge in [0.25, 0.3) is 0 Å². The minimum Gasteiger partial charge on any atom is -0.490 e. The molecule has 24 heavy (non-hydrogen) atoms. The van der Waals surface area contributed by atoms with Crippen LogP contribution in [0.4, 0.5) is 4.39 Å². The van der Waals surface area contributed by atoms with Gasteiger partial charge in [0.2, 0.25) is 0 Å². The summed E-state index contributed by atoms with van der Waals surface area (Å²) >= 11 is 1.54. The number of thiophene rings is 1. The van der Waals surface area contributed by atoms with E-state index in [2.05, 4.69) is 5.10 Å². The van der Waals surface area contributed by atoms with Gasteiger partial charge in [-0.2, -0.15) is 5.10 Å². The molecule has 122 valence electrons. The number of nitrogens with zero attached hydrogens (tertiary/aromatic N) is 2. The standard InChI is InChI=1S/C18H15FN2O2S/c1-21-14(10-22)16(17(20-21)15-5-3-7-24-15)12-8-11-4-2-6-23-18(11)13(19)9-12/h3,5,7-10H,2,4,6H2,1H3. The van der Waals surface area contributed by atoms with Gasteiger partial charge < -0.3 is 4.74 Å². The minimum atomic E-state index is -0.389. The van der Waals surface area contributed by atoms with Gasteiger partial charge in [0, 0.05) is 12.6 Å². The highest BCUT2D eigenvalue weighted by atomic mass is 32.1. The molecule has 1 aliphatic heterocycles. The quantitative estimate of drug-likeness (QED) is 0.673. The second kappa shape index (κ2) is 5.87. The Balaban J connectivity index is 1.96. The van der Waals surface area contributed by atoms with E-state index >= 15 is 0 Å². The van der Waals surface area contributed by atoms with E-state index in [9.17, 15) is 9.18 Å². The fraction of sp³-hybridized carbons (Fsp3) is 0.222. The van der Waals surface area contributed by atoms with Crippen LogP contribution >= 0.6 is 11.3 Å². The molecule has 4 rings (SSSR count). The molecular formula is C18H15FN2O2S. The molecule has 0 unspecified atom stereocenters. The normalized spacial score (nSPS) is 13.4. The summed E-state index contributed by atoms with van der Waals surface area (Å²) < 4.78 is 21.5. The average molecular weight is 342 g/mol. The van der Waals surface area contributed by atoms with Crippen molar-refractivity contribution in [3.8, 4) is 27.4 Å². The van der Waals surface area contributed by atoms with Gasteiger partial charge in [-0.25, -0.2) is 4.39 Å². The number of carbonyl (C=O) groups is 1. The van der Waals surface area contributed by atoms with Crippen LogP contribution in [-0.2, 0) is 13.5 Å². The minimum absolute atomic E-state index is 0.333. The summed E-state index contributed by atoms with van der Waals surface area (Å²) in [5, 5.41) is 6.44. The van der Waals surface area contributed by atoms with Crippen molar-refractivity contribution in [2.24, 2.45) is 7.05 Å². The Morgan fingerprint density at radius 2 is 2.29 bits per heavy atom. The lowest BCUT2D eigenvalue weighted by Crippen LogP contribution is -2.10. The van der Waals surface area contributed by atoms with E-state index in [-0.39, 0.29) is 5.82 Å². The van der Waals surface area contributed by atoms with Crippen LogP contribution in [0.25, 0.3) is 21.7 Å². The lowest BCUT2D eigenvalue weighted by molar-refractivity contribution is 0.111. The fourth-order valence-corrected chi connectivity index (χ4v) is 3.84. The zero-order valence-corrected chi connectivity index (χ0v) is 13.9. The van der Waals surface area contributed by atoms with Crippen LogP contribution in [0.3, 0.4) is 0 Å². The maximum atomic E-state index is 14.5. The number of aryl methyl sites for hydroxylation is 2. The molecule has 0 N–H and O–H groups in total. The van der Waals surface area contributed by atoms with Crippen molar-refractivity contribution < 1.29 is 13.9 Å². The zero-order chi connectivity index (χ0) is 16.7. The molecule has 0 spiro atoms. The number of aromatic nitrogens is 2. The number of rotatable bonds is 3. The van der Waals surface area contributed by atoms with Crippen molar-refractivity contribution in [1.82, 2.24) is 9.78 Å². The summed E-state index contributed by atoms with van der Waals surface area (Å²) in [4.78, 5) is 12.5. The van der Waals surface area contributed by atoms with Crippen molar-refractivity contribution in [3.05, 3.63) is 46.7 Å². The number of benzene rings is 1. The third kappa shape index (κ3) is 2.34. The first-order chi connectivity index (χ1) is 11.7. The van der Waals surface area contributed by atoms with Gasteiger partial charge in [-0.15, -0.1) is 11.3 Å². The average Bonchev–Trinajstić information content (AvgIpc) is 3.22. The van der Waals surface area contributed by atoms with Crippen LogP contribution in [0.1, 0.15) is 22.5 Å². The molecule has 0 saturated heterocycles. The number of hydrogen-bond acceptors (Lipinski definition) is 4. The summed E-state index contributed by atoms with van der Waals surface area (Å²) in [5.74, 6) is -0.0563. The predicted octanol–water partition coefficient (Wildman–Crippen LogP) is 4.09. The van der Waals surface area contributed by atoms with Crippen LogP contribution in [0, 0.1) is 5.82 Å². The molecule has 0 bridgehead atoms. The van der Waals surface area contributed by atoms with Gasteiger partial charge in [0.05, 0.1) is 11.5 Å². The molecule has 3 heterocycles. The monoisotopic (exact) mass is 342 g/mol. The smallest absolute Gasteiger partial charge is 0.168 e. The first kappa shape index (κ1) is 15.1. The van der Waals surface area contributed by atoms with E-state index in [0.29, 0.717) is 34.9 Å². The highest BCUT2D eigenvalue weighted by Crippen LogP contribution is 2.39. The third-order valence-corrected chi connectivity index (χ3v) is 5.08. The number of fused-ring (bicyclic) bond motifs is 1. The number of halogens is 1. The van der Waals surface area contributed by atoms with E-state index in [4.69, 9.17) is 4.74 Å². The summed E-state index contributed by atoms with van der Waals surface area (Å²) in [5.41, 5.74) is 3.31. The lowest BCUT2D eigenvalue weighted by atomic mass is 9.96. The first-order valence-corrected chi connectivity index (χ1v) is 8.58. The largest absolute Gasteiger partial charge is 0.490 e. The molecule has 2 aromatic heterocycles. The molecule has 4 nitrogen and oxygen atoms in total. The highest BCUT2D eigenvalue weighted by Gasteiger charge is 2.23. The van der Waals surface area contributed by atoms with Crippen LogP contribution in [-0.4, -0.2) is 22.7 Å². The van der Waals surface area contributed by atoms with E-state index < -0.39 is 0 Å². The molecule has 1 aromatic carbocycles. The molecule has 0 saturated carbocycles. The van der Waals surface area contributed by atoms with Gasteiger partial charge in [-0.1, -0.05) is 6.07 Å². The first-order valence-electron chi connectivity index (χ1n) is 7.70. The Hall–Kier alpha value is -2.47. The topological polar surface area (TPSA) is 44.1 Å². The summed E-state index contributed by atoms with van der Waals surface area (Å²) in [6, 6.07) is 7.23. The predicted molar refractivity (Wildman–Crippen MR) is 91.1 cm³/mol. The van der Waals surface area contributed by atoms with E-state index in [0.717, 1.165) is 29.6 Å². The Labute approximate surface area is 142 Å². The molecule has 1 aliphatic rings. The number of hydrogen-bond donors (Lipinski definition) is 0. The molecule has 0 fully saturated rings. The molecule has 6 heteroatoms. The van der Waals surface area contributed by atoms with Crippen molar-refractivity contribution in [3.63, 3.8) is 0 Å². The second-order valence-electron chi connectivity index (χ2n) is 5.73. The van der Waals surface area contributed by atoms with Crippen LogP contribution in [0.5, 0.6) is 5.75 Å². The van der Waals surface area contributed by atoms with Gasteiger partial charge in [-0.05, 0) is 47.5 Å². The van der Waals surface area contributed by atoms with E-state index in [1.165, 1.54) is 6.07 Å². The molecular weight excluding hydrogens is 327 g/mol. The zero-order valence-electron chi connectivity index (χ0n) is 13.1. The Morgan fingerprint density at radius 3 is 3.04 bits per heavy atom. The van der Waals surface area contributed by atoms with Crippen LogP contribution < -0.4 is 4.74 Å². The molecule has 0 aliphatic carbocycles. The van der Waals surface area contributed by atoms with Crippen molar-refractivity contribution in [2.75, 3.05) is 6.61 Å². The van der Waals surface area contributed by atoms with Crippen LogP contribution in [0.2, 0.25) is 0 Å². The van der Waals surface area contributed by atoms with Crippen molar-refractivity contribution >= 4 is 17.6 Å². The maximum Gasteiger partial charge on any atom is 0.168 e. The van der Waals surface area contributed by atoms with E-state index in [1.807, 2.05) is 23.6 Å². The molecule has 0 amide bonds. The summed E-state index contributed by atoms with van der Waals surface area (Å²) in [7, 11) is 1.72. The molecule has 3 aromatic rings. The fourth-order valence-electron chi connectivity index (χ4n) is 3.12. The van der Waals surface area contributed by atoms with Gasteiger partial charge in [0.1, 0.15) is 11.4 Å². The molecule has 0 radical (unpaired) electrons. The summed E-state index contributed by atoms with van der Waals surface area (Å²) in [6.07, 6.45) is 2.40. The van der Waals surface area contributed by atoms with Gasteiger partial charge >= 0.3 is 0 Å². The molecule has 0 atom stereocenters. The SMILES string of the molecule is Cn1nc(-c2cccs2)c(-c2cc(F)c3c(c2)CCCO3)c1C=O. The Bertz CT molecular complexity index is 916. The lowest BCUT2D eigenvalue weighted by Gasteiger charge is -2.19. The second-order valence-corrected chi connectivity index (χ2v) is 6.67. The van der Waals surface area contributed by atoms with Crippen LogP contribution in [0.15, 0.2) is 29.6 Å². The number of aldehydes is 1. The maximum absolute atomic E-state index is 14.5. The summed E-state index contributed by atoms with van der Waals surface area (Å²) in [6.45, 7) is 0.538. The van der Waals surface area contributed by atoms with Gasteiger partial charge in [-0.3, -0.25) is 9.48 Å².